The number of benzene rings is 2. The Bertz CT molecular complexity index is 1000. The third kappa shape index (κ3) is 6.24. The zero-order chi connectivity index (χ0) is 22.4. The van der Waals surface area contributed by atoms with Crippen LogP contribution in [0.1, 0.15) is 47.0 Å². The molecule has 0 bridgehead atoms. The molecule has 0 aliphatic carbocycles. The van der Waals surface area contributed by atoms with Gasteiger partial charge in [0.1, 0.15) is 5.75 Å². The molecule has 0 aliphatic heterocycles. The number of fused-ring (bicyclic) bond motifs is 2. The van der Waals surface area contributed by atoms with E-state index in [1.54, 1.807) is 7.11 Å². The number of unbranched alkanes of at least 4 members (excludes halogenated alkanes) is 1. The predicted molar refractivity (Wildman–Crippen MR) is 135 cm³/mol. The molecule has 2 aromatic carbocycles. The molecular weight excluding hydrogens is 406 g/mol. The number of nitrogens with one attached hydrogen (secondary N) is 1. The van der Waals surface area contributed by atoms with Gasteiger partial charge in [0.2, 0.25) is 0 Å². The number of hydrogen-bond acceptors (Lipinski definition) is 4. The van der Waals surface area contributed by atoms with Crippen molar-refractivity contribution in [2.24, 2.45) is 5.92 Å². The van der Waals surface area contributed by atoms with Crippen LogP contribution in [0.15, 0.2) is 36.4 Å². The van der Waals surface area contributed by atoms with Gasteiger partial charge in [0, 0.05) is 34.9 Å². The lowest BCUT2D eigenvalue weighted by Crippen LogP contribution is -2.32. The summed E-state index contributed by atoms with van der Waals surface area (Å²) in [6.07, 6.45) is 3.58. The molecule has 0 spiro atoms. The highest BCUT2D eigenvalue weighted by Gasteiger charge is 2.15. The molecule has 1 heterocycles. The average molecular weight is 442 g/mol. The highest BCUT2D eigenvalue weighted by atomic mass is 35.5. The molecule has 5 heteroatoms. The van der Waals surface area contributed by atoms with Crippen LogP contribution in [0.25, 0.3) is 21.8 Å². The molecular formula is C26H36ClN3O. The normalized spacial score (nSPS) is 12.8. The highest BCUT2D eigenvalue weighted by Crippen LogP contribution is 2.34. The van der Waals surface area contributed by atoms with E-state index < -0.39 is 0 Å². The van der Waals surface area contributed by atoms with Gasteiger partial charge in [0.15, 0.2) is 0 Å². The summed E-state index contributed by atoms with van der Waals surface area (Å²) in [6, 6.07) is 12.3. The van der Waals surface area contributed by atoms with Gasteiger partial charge >= 0.3 is 0 Å². The van der Waals surface area contributed by atoms with Gasteiger partial charge in [-0.25, -0.2) is 4.98 Å². The number of hydrogen-bond donors (Lipinski definition) is 1. The average Bonchev–Trinajstić information content (AvgIpc) is 2.74. The number of ether oxygens (including phenoxy) is 1. The second kappa shape index (κ2) is 11.0. The first-order valence-electron chi connectivity index (χ1n) is 11.5. The molecule has 1 N–H and O–H groups in total. The van der Waals surface area contributed by atoms with E-state index in [1.165, 1.54) is 19.4 Å². The molecule has 0 amide bonds. The maximum Gasteiger partial charge on any atom is 0.119 e. The minimum Gasteiger partial charge on any atom is -0.497 e. The fourth-order valence-electron chi connectivity index (χ4n) is 4.07. The summed E-state index contributed by atoms with van der Waals surface area (Å²) in [6.45, 7) is 12.6. The van der Waals surface area contributed by atoms with E-state index in [0.29, 0.717) is 17.0 Å². The van der Waals surface area contributed by atoms with Crippen LogP contribution in [0.4, 0.5) is 5.69 Å². The number of nitrogens with zero attached hydrogens (tertiary/aromatic N) is 2. The molecule has 1 aromatic heterocycles. The monoisotopic (exact) mass is 441 g/mol. The van der Waals surface area contributed by atoms with Crippen molar-refractivity contribution in [3.05, 3.63) is 41.4 Å². The Hall–Kier alpha value is -2.04. The third-order valence-electron chi connectivity index (χ3n) is 5.66. The molecule has 3 aromatic rings. The van der Waals surface area contributed by atoms with Crippen LogP contribution in [0.5, 0.6) is 5.75 Å². The molecule has 0 saturated heterocycles. The Balaban J connectivity index is 1.87. The van der Waals surface area contributed by atoms with E-state index in [-0.39, 0.29) is 0 Å². The Morgan fingerprint density at radius 3 is 2.55 bits per heavy atom. The highest BCUT2D eigenvalue weighted by molar-refractivity contribution is 6.31. The molecule has 4 nitrogen and oxygen atoms in total. The van der Waals surface area contributed by atoms with Gasteiger partial charge in [0.25, 0.3) is 0 Å². The van der Waals surface area contributed by atoms with Gasteiger partial charge in [-0.3, -0.25) is 0 Å². The van der Waals surface area contributed by atoms with E-state index in [4.69, 9.17) is 21.3 Å². The summed E-state index contributed by atoms with van der Waals surface area (Å²) in [5.74, 6) is 1.52. The molecule has 0 fully saturated rings. The molecule has 3 rings (SSSR count). The Morgan fingerprint density at radius 2 is 1.84 bits per heavy atom. The molecule has 31 heavy (non-hydrogen) atoms. The number of rotatable bonds is 11. The number of anilines is 1. The van der Waals surface area contributed by atoms with Crippen LogP contribution < -0.4 is 10.1 Å². The van der Waals surface area contributed by atoms with Crippen molar-refractivity contribution in [2.45, 2.75) is 53.0 Å². The summed E-state index contributed by atoms with van der Waals surface area (Å²) >= 11 is 6.26. The maximum absolute atomic E-state index is 6.26. The summed E-state index contributed by atoms with van der Waals surface area (Å²) in [7, 11) is 1.70. The van der Waals surface area contributed by atoms with Crippen molar-refractivity contribution in [2.75, 3.05) is 32.1 Å². The van der Waals surface area contributed by atoms with E-state index in [2.05, 4.69) is 50.0 Å². The summed E-state index contributed by atoms with van der Waals surface area (Å²) in [5.41, 5.74) is 2.95. The first-order chi connectivity index (χ1) is 14.9. The molecule has 0 saturated carbocycles. The third-order valence-corrected chi connectivity index (χ3v) is 5.90. The van der Waals surface area contributed by atoms with Crippen molar-refractivity contribution in [1.82, 2.24) is 9.88 Å². The largest absolute Gasteiger partial charge is 0.497 e. The van der Waals surface area contributed by atoms with E-state index in [0.717, 1.165) is 52.8 Å². The lowest BCUT2D eigenvalue weighted by atomic mass is 10.1. The van der Waals surface area contributed by atoms with Crippen LogP contribution in [-0.2, 0) is 0 Å². The smallest absolute Gasteiger partial charge is 0.119 e. The first-order valence-corrected chi connectivity index (χ1v) is 11.8. The lowest BCUT2D eigenvalue weighted by Gasteiger charge is -2.26. The Morgan fingerprint density at radius 1 is 1.03 bits per heavy atom. The fraction of sp³-hybridized carbons (Fsp3) is 0.500. The molecule has 1 unspecified atom stereocenters. The standard InChI is InChI=1S/C26H36ClN3O/c1-6-7-13-30(17-18(2)3)14-12-19(4)28-26-22-10-8-20(27)15-25(22)29-24-11-9-21(31-5)16-23(24)26/h8-11,15-16,18-19H,6-7,12-14,17H2,1-5H3,(H,28,29). The molecule has 0 aliphatic rings. The van der Waals surface area contributed by atoms with Gasteiger partial charge in [-0.05, 0) is 68.6 Å². The van der Waals surface area contributed by atoms with Gasteiger partial charge in [-0.1, -0.05) is 38.8 Å². The number of halogens is 1. The summed E-state index contributed by atoms with van der Waals surface area (Å²) < 4.78 is 5.48. The van der Waals surface area contributed by atoms with E-state index >= 15 is 0 Å². The molecule has 0 radical (unpaired) electrons. The van der Waals surface area contributed by atoms with Crippen molar-refractivity contribution in [3.63, 3.8) is 0 Å². The summed E-state index contributed by atoms with van der Waals surface area (Å²) in [5, 5.41) is 6.66. The fourth-order valence-corrected chi connectivity index (χ4v) is 4.23. The Kier molecular flexibility index (Phi) is 8.39. The first kappa shape index (κ1) is 23.6. The number of aromatic nitrogens is 1. The minimum atomic E-state index is 0.326. The van der Waals surface area contributed by atoms with Gasteiger partial charge in [-0.15, -0.1) is 0 Å². The topological polar surface area (TPSA) is 37.4 Å². The number of methoxy groups -OCH3 is 1. The van der Waals surface area contributed by atoms with Crippen LogP contribution in [0.2, 0.25) is 5.02 Å². The van der Waals surface area contributed by atoms with Crippen LogP contribution in [-0.4, -0.2) is 42.7 Å². The zero-order valence-corrected chi connectivity index (χ0v) is 20.3. The zero-order valence-electron chi connectivity index (χ0n) is 19.5. The van der Waals surface area contributed by atoms with Crippen molar-refractivity contribution >= 4 is 39.1 Å². The maximum atomic E-state index is 6.26. The van der Waals surface area contributed by atoms with E-state index in [9.17, 15) is 0 Å². The van der Waals surface area contributed by atoms with Crippen LogP contribution in [0, 0.1) is 5.92 Å². The second-order valence-corrected chi connectivity index (χ2v) is 9.35. The molecule has 168 valence electrons. The SMILES string of the molecule is CCCCN(CCC(C)Nc1c2ccc(Cl)cc2nc2ccc(OC)cc12)CC(C)C. The van der Waals surface area contributed by atoms with Crippen LogP contribution >= 0.6 is 11.6 Å². The predicted octanol–water partition coefficient (Wildman–Crippen LogP) is 7.00. The van der Waals surface area contributed by atoms with Gasteiger partial charge < -0.3 is 15.0 Å². The van der Waals surface area contributed by atoms with Crippen LogP contribution in [0.3, 0.4) is 0 Å². The lowest BCUT2D eigenvalue weighted by molar-refractivity contribution is 0.235. The van der Waals surface area contributed by atoms with Crippen molar-refractivity contribution < 1.29 is 4.74 Å². The van der Waals surface area contributed by atoms with Gasteiger partial charge in [-0.2, -0.15) is 0 Å². The van der Waals surface area contributed by atoms with Crippen molar-refractivity contribution in [3.8, 4) is 5.75 Å². The minimum absolute atomic E-state index is 0.326. The van der Waals surface area contributed by atoms with Gasteiger partial charge in [0.05, 0.1) is 23.8 Å². The molecule has 1 atom stereocenters. The number of pyridine rings is 1. The van der Waals surface area contributed by atoms with E-state index in [1.807, 2.05) is 24.3 Å². The summed E-state index contributed by atoms with van der Waals surface area (Å²) in [4.78, 5) is 7.44. The Labute approximate surface area is 191 Å². The second-order valence-electron chi connectivity index (χ2n) is 8.91. The van der Waals surface area contributed by atoms with Crippen molar-refractivity contribution in [1.29, 1.82) is 0 Å². The quantitative estimate of drug-likeness (QED) is 0.325.